The van der Waals surface area contributed by atoms with Crippen LogP contribution in [0.3, 0.4) is 0 Å². The fourth-order valence-electron chi connectivity index (χ4n) is 2.92. The zero-order valence-corrected chi connectivity index (χ0v) is 17.5. The van der Waals surface area contributed by atoms with E-state index in [0.717, 1.165) is 21.1 Å². The highest BCUT2D eigenvalue weighted by atomic mass is 16.5. The summed E-state index contributed by atoms with van der Waals surface area (Å²) in [4.78, 5) is 52.1. The lowest BCUT2D eigenvalue weighted by Gasteiger charge is -2.20. The summed E-state index contributed by atoms with van der Waals surface area (Å²) in [6.45, 7) is 1.23. The van der Waals surface area contributed by atoms with Crippen LogP contribution in [0.2, 0.25) is 0 Å². The van der Waals surface area contributed by atoms with E-state index in [-0.39, 0.29) is 18.1 Å². The lowest BCUT2D eigenvalue weighted by molar-refractivity contribution is -0.142. The van der Waals surface area contributed by atoms with Gasteiger partial charge in [-0.1, -0.05) is 30.3 Å². The van der Waals surface area contributed by atoms with Crippen LogP contribution in [0.5, 0.6) is 0 Å². The molecular weight excluding hydrogens is 416 g/mol. The van der Waals surface area contributed by atoms with Crippen LogP contribution in [0, 0.1) is 6.92 Å². The molecule has 3 N–H and O–H groups in total. The summed E-state index contributed by atoms with van der Waals surface area (Å²) in [6, 6.07) is 12.4. The fraction of sp³-hybridized carbons (Fsp3) is 0.182. The third kappa shape index (κ3) is 5.22. The van der Waals surface area contributed by atoms with E-state index in [1.807, 2.05) is 6.07 Å². The van der Waals surface area contributed by atoms with E-state index >= 15 is 0 Å². The van der Waals surface area contributed by atoms with Crippen LogP contribution in [0.15, 0.2) is 62.5 Å². The van der Waals surface area contributed by atoms with Gasteiger partial charge in [0, 0.05) is 13.1 Å². The number of H-pyrrole nitrogens is 1. The number of hydrogen-bond acceptors (Lipinski definition) is 7. The van der Waals surface area contributed by atoms with Crippen molar-refractivity contribution in [1.82, 2.24) is 9.55 Å². The molecule has 0 saturated carbocycles. The molecule has 0 atom stereocenters. The number of nitrogen functional groups attached to an aromatic ring is 1. The Balaban J connectivity index is 1.72. The van der Waals surface area contributed by atoms with Gasteiger partial charge in [-0.3, -0.25) is 19.1 Å². The number of carbonyl (C=O) groups is 2. The minimum atomic E-state index is -0.827. The molecule has 3 aromatic rings. The number of benzene rings is 1. The van der Waals surface area contributed by atoms with Gasteiger partial charge in [0.15, 0.2) is 12.3 Å². The first-order valence-electron chi connectivity index (χ1n) is 9.60. The highest BCUT2D eigenvalue weighted by molar-refractivity contribution is 5.97. The summed E-state index contributed by atoms with van der Waals surface area (Å²) in [5, 5.41) is 0. The Morgan fingerprint density at radius 2 is 1.91 bits per heavy atom. The first kappa shape index (κ1) is 22.3. The van der Waals surface area contributed by atoms with E-state index in [4.69, 9.17) is 14.9 Å². The average Bonchev–Trinajstić information content (AvgIpc) is 3.19. The third-order valence-electron chi connectivity index (χ3n) is 4.59. The highest BCUT2D eigenvalue weighted by Crippen LogP contribution is 2.16. The van der Waals surface area contributed by atoms with E-state index in [1.165, 1.54) is 13.1 Å². The van der Waals surface area contributed by atoms with Gasteiger partial charge in [0.25, 0.3) is 11.5 Å². The number of nitrogens with one attached hydrogen (secondary N) is 1. The van der Waals surface area contributed by atoms with Gasteiger partial charge in [0.1, 0.15) is 17.3 Å². The maximum absolute atomic E-state index is 12.5. The molecule has 1 aromatic carbocycles. The summed E-state index contributed by atoms with van der Waals surface area (Å²) in [5.41, 5.74) is 5.09. The SMILES string of the molecule is Cc1ccc(/C=C/C(=O)OCC(=O)N(C)c2c(N)n(Cc3ccccc3)c(=O)[nH]c2=O)o1. The molecule has 0 bridgehead atoms. The van der Waals surface area contributed by atoms with Gasteiger partial charge in [0.05, 0.1) is 6.54 Å². The van der Waals surface area contributed by atoms with Crippen molar-refractivity contribution in [2.24, 2.45) is 0 Å². The first-order valence-corrected chi connectivity index (χ1v) is 9.60. The summed E-state index contributed by atoms with van der Waals surface area (Å²) in [7, 11) is 1.30. The Hall–Kier alpha value is -4.34. The molecule has 0 spiro atoms. The minimum Gasteiger partial charge on any atom is -0.462 e. The van der Waals surface area contributed by atoms with Gasteiger partial charge < -0.3 is 19.8 Å². The normalized spacial score (nSPS) is 10.9. The molecule has 0 radical (unpaired) electrons. The molecule has 0 aliphatic carbocycles. The van der Waals surface area contributed by atoms with E-state index in [0.29, 0.717) is 11.5 Å². The molecule has 3 rings (SSSR count). The number of rotatable bonds is 7. The summed E-state index contributed by atoms with van der Waals surface area (Å²) in [5.74, 6) is -0.508. The molecule has 10 heteroatoms. The van der Waals surface area contributed by atoms with Crippen molar-refractivity contribution in [3.8, 4) is 0 Å². The molecule has 0 aliphatic rings. The molecule has 1 amide bonds. The van der Waals surface area contributed by atoms with Crippen molar-refractivity contribution >= 4 is 29.5 Å². The van der Waals surface area contributed by atoms with Crippen molar-refractivity contribution < 1.29 is 18.7 Å². The van der Waals surface area contributed by atoms with Crippen molar-refractivity contribution in [2.45, 2.75) is 13.5 Å². The Labute approximate surface area is 182 Å². The number of likely N-dealkylation sites (N-methyl/N-ethyl adjacent to an activating group) is 1. The first-order chi connectivity index (χ1) is 15.3. The van der Waals surface area contributed by atoms with Crippen LogP contribution in [-0.2, 0) is 20.9 Å². The van der Waals surface area contributed by atoms with Gasteiger partial charge in [-0.25, -0.2) is 9.59 Å². The van der Waals surface area contributed by atoms with Crippen LogP contribution in [0.4, 0.5) is 11.5 Å². The van der Waals surface area contributed by atoms with Gasteiger partial charge in [-0.2, -0.15) is 0 Å². The highest BCUT2D eigenvalue weighted by Gasteiger charge is 2.21. The number of esters is 1. The molecule has 2 aromatic heterocycles. The number of ether oxygens (including phenoxy) is 1. The van der Waals surface area contributed by atoms with E-state index in [2.05, 4.69) is 4.98 Å². The predicted octanol–water partition coefficient (Wildman–Crippen LogP) is 1.29. The lowest BCUT2D eigenvalue weighted by atomic mass is 10.2. The standard InChI is InChI=1S/C22H22N4O6/c1-14-8-9-16(32-14)10-11-18(28)31-13-17(27)25(2)19-20(23)26(22(30)24-21(19)29)12-15-6-4-3-5-7-15/h3-11H,12-13,23H2,1-2H3,(H,24,29,30)/b11-10+. The molecule has 0 aliphatic heterocycles. The molecule has 0 fully saturated rings. The number of nitrogens with zero attached hydrogens (tertiary/aromatic N) is 2. The maximum atomic E-state index is 12.5. The fourth-order valence-corrected chi connectivity index (χ4v) is 2.92. The largest absolute Gasteiger partial charge is 0.462 e. The van der Waals surface area contributed by atoms with Crippen molar-refractivity contribution in [3.05, 3.63) is 86.5 Å². The molecule has 0 saturated heterocycles. The number of anilines is 2. The zero-order valence-electron chi connectivity index (χ0n) is 17.5. The molecule has 10 nitrogen and oxygen atoms in total. The maximum Gasteiger partial charge on any atom is 0.331 e. The minimum absolute atomic E-state index is 0.101. The number of aromatic nitrogens is 2. The van der Waals surface area contributed by atoms with E-state index in [1.54, 1.807) is 43.3 Å². The topological polar surface area (TPSA) is 141 Å². The second-order valence-corrected chi connectivity index (χ2v) is 6.91. The number of aryl methyl sites for hydroxylation is 1. The number of amides is 1. The Bertz CT molecular complexity index is 1270. The molecule has 32 heavy (non-hydrogen) atoms. The van der Waals surface area contributed by atoms with Crippen molar-refractivity contribution in [3.63, 3.8) is 0 Å². The molecule has 166 valence electrons. The van der Waals surface area contributed by atoms with E-state index < -0.39 is 29.7 Å². The van der Waals surface area contributed by atoms with Gasteiger partial charge >= 0.3 is 11.7 Å². The number of aromatic amines is 1. The second kappa shape index (κ2) is 9.65. The number of furan rings is 1. The number of carbonyl (C=O) groups excluding carboxylic acids is 2. The quantitative estimate of drug-likeness (QED) is 0.418. The zero-order chi connectivity index (χ0) is 23.3. The Morgan fingerprint density at radius 3 is 2.56 bits per heavy atom. The van der Waals surface area contributed by atoms with E-state index in [9.17, 15) is 19.2 Å². The summed E-state index contributed by atoms with van der Waals surface area (Å²) >= 11 is 0. The smallest absolute Gasteiger partial charge is 0.331 e. The van der Waals surface area contributed by atoms with Crippen molar-refractivity contribution in [2.75, 3.05) is 24.3 Å². The molecular formula is C22H22N4O6. The number of hydrogen-bond donors (Lipinski definition) is 2. The molecule has 0 unspecified atom stereocenters. The molecule has 2 heterocycles. The van der Waals surface area contributed by atoms with Gasteiger partial charge in [0.2, 0.25) is 0 Å². The second-order valence-electron chi connectivity index (χ2n) is 6.91. The third-order valence-corrected chi connectivity index (χ3v) is 4.59. The monoisotopic (exact) mass is 438 g/mol. The lowest BCUT2D eigenvalue weighted by Crippen LogP contribution is -2.40. The van der Waals surface area contributed by atoms with Crippen LogP contribution in [-0.4, -0.2) is 35.1 Å². The Kier molecular flexibility index (Phi) is 6.74. The van der Waals surface area contributed by atoms with Gasteiger partial charge in [-0.05, 0) is 30.7 Å². The summed E-state index contributed by atoms with van der Waals surface area (Å²) in [6.07, 6.45) is 2.53. The van der Waals surface area contributed by atoms with Crippen LogP contribution < -0.4 is 21.9 Å². The average molecular weight is 438 g/mol. The summed E-state index contributed by atoms with van der Waals surface area (Å²) < 4.78 is 11.4. The predicted molar refractivity (Wildman–Crippen MR) is 118 cm³/mol. The van der Waals surface area contributed by atoms with Gasteiger partial charge in [-0.15, -0.1) is 0 Å². The van der Waals surface area contributed by atoms with Crippen LogP contribution >= 0.6 is 0 Å². The van der Waals surface area contributed by atoms with Crippen LogP contribution in [0.1, 0.15) is 17.1 Å². The number of nitrogens with two attached hydrogens (primary N) is 1. The van der Waals surface area contributed by atoms with Crippen LogP contribution in [0.25, 0.3) is 6.08 Å². The van der Waals surface area contributed by atoms with Crippen molar-refractivity contribution in [1.29, 1.82) is 0 Å². The Morgan fingerprint density at radius 1 is 1.19 bits per heavy atom.